The molecule has 1 unspecified atom stereocenters. The van der Waals surface area contributed by atoms with Crippen molar-refractivity contribution in [2.24, 2.45) is 7.05 Å². The Bertz CT molecular complexity index is 754. The van der Waals surface area contributed by atoms with E-state index in [1.165, 1.54) is 13.1 Å². The number of halogens is 2. The molecule has 0 aliphatic rings. The Morgan fingerprint density at radius 2 is 2.00 bits per heavy atom. The highest BCUT2D eigenvalue weighted by atomic mass is 35.5. The van der Waals surface area contributed by atoms with Gasteiger partial charge in [-0.05, 0) is 24.1 Å². The summed E-state index contributed by atoms with van der Waals surface area (Å²) in [6.45, 7) is 0.366. The molecule has 22 heavy (non-hydrogen) atoms. The van der Waals surface area contributed by atoms with Gasteiger partial charge in [0, 0.05) is 19.7 Å². The summed E-state index contributed by atoms with van der Waals surface area (Å²) in [5.74, 6) is 0.314. The van der Waals surface area contributed by atoms with Crippen LogP contribution in [0.5, 0.6) is 0 Å². The van der Waals surface area contributed by atoms with Crippen molar-refractivity contribution in [1.82, 2.24) is 9.55 Å². The zero-order chi connectivity index (χ0) is 16.3. The molecule has 2 aromatic rings. The van der Waals surface area contributed by atoms with Crippen molar-refractivity contribution in [3.63, 3.8) is 0 Å². The van der Waals surface area contributed by atoms with E-state index >= 15 is 0 Å². The SMILES string of the molecule is Cn1c(=O)cc(NCCC(O)c2ccc(Cl)c(Cl)c2)[nH]c1=O. The normalized spacial score (nSPS) is 12.2. The number of aliphatic hydroxyl groups excluding tert-OH is 1. The quantitative estimate of drug-likeness (QED) is 0.773. The first-order valence-electron chi connectivity index (χ1n) is 6.55. The molecule has 3 N–H and O–H groups in total. The van der Waals surface area contributed by atoms with Gasteiger partial charge in [0.15, 0.2) is 0 Å². The van der Waals surface area contributed by atoms with E-state index in [9.17, 15) is 14.7 Å². The minimum Gasteiger partial charge on any atom is -0.388 e. The standard InChI is InChI=1S/C14H15Cl2N3O3/c1-19-13(21)7-12(18-14(19)22)17-5-4-11(20)8-2-3-9(15)10(16)6-8/h2-3,6-7,11,17,20H,4-5H2,1H3,(H,18,22). The molecule has 0 aliphatic heterocycles. The third-order valence-corrected chi connectivity index (χ3v) is 3.95. The van der Waals surface area contributed by atoms with E-state index in [1.54, 1.807) is 18.2 Å². The van der Waals surface area contributed by atoms with Gasteiger partial charge in [0.1, 0.15) is 5.82 Å². The molecule has 0 spiro atoms. The van der Waals surface area contributed by atoms with Gasteiger partial charge in [-0.25, -0.2) is 4.79 Å². The minimum atomic E-state index is -0.736. The molecule has 1 aromatic heterocycles. The van der Waals surface area contributed by atoms with Crippen molar-refractivity contribution in [2.75, 3.05) is 11.9 Å². The molecule has 2 rings (SSSR count). The maximum atomic E-state index is 11.5. The van der Waals surface area contributed by atoms with Crippen LogP contribution in [-0.4, -0.2) is 21.2 Å². The lowest BCUT2D eigenvalue weighted by molar-refractivity contribution is 0.171. The summed E-state index contributed by atoms with van der Waals surface area (Å²) in [6.07, 6.45) is -0.365. The molecular formula is C14H15Cl2N3O3. The average molecular weight is 344 g/mol. The molecular weight excluding hydrogens is 329 g/mol. The zero-order valence-electron chi connectivity index (χ0n) is 11.8. The number of hydrogen-bond acceptors (Lipinski definition) is 4. The Labute approximate surface area is 136 Å². The second-order valence-electron chi connectivity index (χ2n) is 4.79. The van der Waals surface area contributed by atoms with Crippen LogP contribution in [0.15, 0.2) is 33.9 Å². The summed E-state index contributed by atoms with van der Waals surface area (Å²) < 4.78 is 0.968. The molecule has 0 fully saturated rings. The molecule has 0 saturated heterocycles. The number of aliphatic hydroxyl groups is 1. The van der Waals surface area contributed by atoms with Crippen LogP contribution >= 0.6 is 23.2 Å². The summed E-state index contributed by atoms with van der Waals surface area (Å²) >= 11 is 11.7. The molecule has 6 nitrogen and oxygen atoms in total. The van der Waals surface area contributed by atoms with Gasteiger partial charge in [-0.1, -0.05) is 29.3 Å². The average Bonchev–Trinajstić information content (AvgIpc) is 2.47. The third kappa shape index (κ3) is 3.91. The summed E-state index contributed by atoms with van der Waals surface area (Å²) in [7, 11) is 1.39. The van der Waals surface area contributed by atoms with Crippen LogP contribution in [0.3, 0.4) is 0 Å². The van der Waals surface area contributed by atoms with E-state index in [0.29, 0.717) is 34.4 Å². The number of aromatic nitrogens is 2. The van der Waals surface area contributed by atoms with Gasteiger partial charge in [0.05, 0.1) is 16.1 Å². The summed E-state index contributed by atoms with van der Waals surface area (Å²) in [5, 5.41) is 13.8. The first-order chi connectivity index (χ1) is 10.4. The van der Waals surface area contributed by atoms with Crippen molar-refractivity contribution in [3.8, 4) is 0 Å². The van der Waals surface area contributed by atoms with Gasteiger partial charge in [-0.3, -0.25) is 14.3 Å². The Morgan fingerprint density at radius 1 is 1.27 bits per heavy atom. The Balaban J connectivity index is 1.97. The molecule has 1 atom stereocenters. The van der Waals surface area contributed by atoms with Crippen molar-refractivity contribution in [2.45, 2.75) is 12.5 Å². The second-order valence-corrected chi connectivity index (χ2v) is 5.60. The van der Waals surface area contributed by atoms with Gasteiger partial charge < -0.3 is 10.4 Å². The lowest BCUT2D eigenvalue weighted by atomic mass is 10.1. The lowest BCUT2D eigenvalue weighted by Gasteiger charge is -2.13. The lowest BCUT2D eigenvalue weighted by Crippen LogP contribution is -2.32. The van der Waals surface area contributed by atoms with E-state index in [2.05, 4.69) is 10.3 Å². The molecule has 118 valence electrons. The topological polar surface area (TPSA) is 87.1 Å². The number of H-pyrrole nitrogens is 1. The van der Waals surface area contributed by atoms with Crippen LogP contribution in [0, 0.1) is 0 Å². The van der Waals surface area contributed by atoms with Gasteiger partial charge in [-0.2, -0.15) is 0 Å². The molecule has 0 bridgehead atoms. The van der Waals surface area contributed by atoms with Crippen molar-refractivity contribution < 1.29 is 5.11 Å². The first-order valence-corrected chi connectivity index (χ1v) is 7.31. The third-order valence-electron chi connectivity index (χ3n) is 3.21. The Hall–Kier alpha value is -1.76. The number of hydrogen-bond donors (Lipinski definition) is 3. The van der Waals surface area contributed by atoms with E-state index in [0.717, 1.165) is 4.57 Å². The molecule has 8 heteroatoms. The van der Waals surface area contributed by atoms with Gasteiger partial charge >= 0.3 is 5.69 Å². The summed E-state index contributed by atoms with van der Waals surface area (Å²) in [5.41, 5.74) is -0.259. The van der Waals surface area contributed by atoms with E-state index in [1.807, 2.05) is 0 Å². The van der Waals surface area contributed by atoms with Gasteiger partial charge in [-0.15, -0.1) is 0 Å². The predicted octanol–water partition coefficient (Wildman–Crippen LogP) is 1.92. The molecule has 0 amide bonds. The number of anilines is 1. The van der Waals surface area contributed by atoms with Crippen LogP contribution in [0.1, 0.15) is 18.1 Å². The largest absolute Gasteiger partial charge is 0.388 e. The molecule has 0 saturated carbocycles. The monoisotopic (exact) mass is 343 g/mol. The van der Waals surface area contributed by atoms with E-state index in [4.69, 9.17) is 23.2 Å². The molecule has 1 heterocycles. The van der Waals surface area contributed by atoms with Crippen molar-refractivity contribution in [1.29, 1.82) is 0 Å². The predicted molar refractivity (Wildman–Crippen MR) is 86.8 cm³/mol. The molecule has 1 aromatic carbocycles. The highest BCUT2D eigenvalue weighted by Crippen LogP contribution is 2.26. The van der Waals surface area contributed by atoms with E-state index < -0.39 is 17.4 Å². The van der Waals surface area contributed by atoms with Crippen LogP contribution in [-0.2, 0) is 7.05 Å². The second kappa shape index (κ2) is 7.00. The number of nitrogens with zero attached hydrogens (tertiary/aromatic N) is 1. The maximum Gasteiger partial charge on any atom is 0.329 e. The Kier molecular flexibility index (Phi) is 5.28. The first kappa shape index (κ1) is 16.6. The number of benzene rings is 1. The van der Waals surface area contributed by atoms with Crippen LogP contribution in [0.2, 0.25) is 10.0 Å². The smallest absolute Gasteiger partial charge is 0.329 e. The zero-order valence-corrected chi connectivity index (χ0v) is 13.3. The fourth-order valence-electron chi connectivity index (χ4n) is 1.88. The highest BCUT2D eigenvalue weighted by molar-refractivity contribution is 6.42. The molecule has 0 radical (unpaired) electrons. The van der Waals surface area contributed by atoms with Crippen molar-refractivity contribution in [3.05, 3.63) is 60.7 Å². The van der Waals surface area contributed by atoms with Crippen LogP contribution in [0.25, 0.3) is 0 Å². The number of nitrogens with one attached hydrogen (secondary N) is 2. The highest BCUT2D eigenvalue weighted by Gasteiger charge is 2.09. The van der Waals surface area contributed by atoms with Crippen molar-refractivity contribution >= 4 is 29.0 Å². The summed E-state index contributed by atoms with van der Waals surface area (Å²) in [6, 6.07) is 6.20. The molecule has 0 aliphatic carbocycles. The summed E-state index contributed by atoms with van der Waals surface area (Å²) in [4.78, 5) is 25.4. The number of rotatable bonds is 5. The van der Waals surface area contributed by atoms with E-state index in [-0.39, 0.29) is 0 Å². The number of aromatic amines is 1. The maximum absolute atomic E-state index is 11.5. The fourth-order valence-corrected chi connectivity index (χ4v) is 2.19. The van der Waals surface area contributed by atoms with Crippen LogP contribution in [0.4, 0.5) is 5.82 Å². The van der Waals surface area contributed by atoms with Gasteiger partial charge in [0.25, 0.3) is 5.56 Å². The van der Waals surface area contributed by atoms with Gasteiger partial charge in [0.2, 0.25) is 0 Å². The fraction of sp³-hybridized carbons (Fsp3) is 0.286. The van der Waals surface area contributed by atoms with Crippen LogP contribution < -0.4 is 16.6 Å². The Morgan fingerprint density at radius 3 is 2.64 bits per heavy atom. The minimum absolute atomic E-state index is 0.314.